The molecule has 4 nitrogen and oxygen atoms in total. The monoisotopic (exact) mass is 194 g/mol. The molecule has 0 aromatic carbocycles. The van der Waals surface area contributed by atoms with E-state index in [-0.39, 0.29) is 10.8 Å². The third kappa shape index (κ3) is 1.34. The number of nitrogens with zero attached hydrogens (tertiary/aromatic N) is 2. The van der Waals surface area contributed by atoms with Crippen LogP contribution < -0.4 is 5.73 Å². The van der Waals surface area contributed by atoms with Gasteiger partial charge in [-0.15, -0.1) is 0 Å². The highest BCUT2D eigenvalue weighted by molar-refractivity contribution is 5.26. The Morgan fingerprint density at radius 1 is 1.36 bits per heavy atom. The molecule has 4 heteroatoms. The van der Waals surface area contributed by atoms with Crippen molar-refractivity contribution in [2.24, 2.45) is 11.1 Å². The molecular formula is C10H18N4. The summed E-state index contributed by atoms with van der Waals surface area (Å²) in [6.45, 7) is 7.34. The Balaban J connectivity index is 2.48. The number of nitrogens with one attached hydrogen (secondary N) is 1. The zero-order valence-corrected chi connectivity index (χ0v) is 9.09. The van der Waals surface area contributed by atoms with Gasteiger partial charge in [0.2, 0.25) is 0 Å². The number of nitrogens with two attached hydrogens (primary N) is 1. The molecule has 78 valence electrons. The zero-order chi connectivity index (χ0) is 10.4. The van der Waals surface area contributed by atoms with Gasteiger partial charge in [-0.1, -0.05) is 20.8 Å². The van der Waals surface area contributed by atoms with E-state index in [0.29, 0.717) is 6.54 Å². The molecule has 0 amide bonds. The second-order valence-electron chi connectivity index (χ2n) is 5.40. The first-order valence-corrected chi connectivity index (χ1v) is 5.07. The van der Waals surface area contributed by atoms with Crippen LogP contribution in [0.25, 0.3) is 0 Å². The van der Waals surface area contributed by atoms with Gasteiger partial charge in [0.1, 0.15) is 0 Å². The summed E-state index contributed by atoms with van der Waals surface area (Å²) in [5, 5.41) is 11.1. The van der Waals surface area contributed by atoms with Gasteiger partial charge in [0.25, 0.3) is 0 Å². The molecular weight excluding hydrogens is 176 g/mol. The number of H-pyrrole nitrogens is 1. The third-order valence-electron chi connectivity index (χ3n) is 3.16. The summed E-state index contributed by atoms with van der Waals surface area (Å²) in [5.41, 5.74) is 8.28. The van der Waals surface area contributed by atoms with Crippen molar-refractivity contribution >= 4 is 0 Å². The van der Waals surface area contributed by atoms with Crippen LogP contribution in [0.2, 0.25) is 0 Å². The van der Waals surface area contributed by atoms with Gasteiger partial charge in [0.15, 0.2) is 0 Å². The maximum absolute atomic E-state index is 5.85. The van der Waals surface area contributed by atoms with E-state index in [9.17, 15) is 0 Å². The van der Waals surface area contributed by atoms with Crippen molar-refractivity contribution in [3.8, 4) is 0 Å². The van der Waals surface area contributed by atoms with Crippen LogP contribution in [0.1, 0.15) is 38.6 Å². The lowest BCUT2D eigenvalue weighted by Crippen LogP contribution is -2.42. The Bertz CT molecular complexity index is 342. The van der Waals surface area contributed by atoms with Gasteiger partial charge in [0.05, 0.1) is 11.4 Å². The Morgan fingerprint density at radius 3 is 2.71 bits per heavy atom. The second-order valence-corrected chi connectivity index (χ2v) is 5.40. The lowest BCUT2D eigenvalue weighted by atomic mass is 9.65. The van der Waals surface area contributed by atoms with E-state index < -0.39 is 0 Å². The first-order chi connectivity index (χ1) is 6.47. The molecule has 0 bridgehead atoms. The maximum Gasteiger partial charge on any atom is 0.0928 e. The van der Waals surface area contributed by atoms with Crippen LogP contribution in [-0.2, 0) is 11.8 Å². The lowest BCUT2D eigenvalue weighted by molar-refractivity contribution is 0.217. The molecule has 1 aliphatic carbocycles. The quantitative estimate of drug-likeness (QED) is 0.700. The van der Waals surface area contributed by atoms with Crippen LogP contribution in [-0.4, -0.2) is 22.0 Å². The van der Waals surface area contributed by atoms with Crippen molar-refractivity contribution < 1.29 is 0 Å². The third-order valence-corrected chi connectivity index (χ3v) is 3.16. The van der Waals surface area contributed by atoms with Gasteiger partial charge in [-0.3, -0.25) is 0 Å². The van der Waals surface area contributed by atoms with Crippen LogP contribution in [0.5, 0.6) is 0 Å². The molecule has 3 N–H and O–H groups in total. The minimum atomic E-state index is -0.00984. The van der Waals surface area contributed by atoms with Crippen molar-refractivity contribution in [2.45, 2.75) is 39.0 Å². The fraction of sp³-hybridized carbons (Fsp3) is 0.800. The largest absolute Gasteiger partial charge is 0.330 e. The molecule has 1 aromatic rings. The molecule has 2 rings (SSSR count). The van der Waals surface area contributed by atoms with Crippen molar-refractivity contribution in [3.63, 3.8) is 0 Å². The molecule has 0 spiro atoms. The van der Waals surface area contributed by atoms with E-state index in [2.05, 4.69) is 36.2 Å². The molecule has 0 aliphatic heterocycles. The van der Waals surface area contributed by atoms with E-state index in [0.717, 1.165) is 24.2 Å². The summed E-state index contributed by atoms with van der Waals surface area (Å²) in [6.07, 6.45) is 2.07. The predicted octanol–water partition coefficient (Wildman–Crippen LogP) is 0.994. The van der Waals surface area contributed by atoms with Crippen LogP contribution in [0.3, 0.4) is 0 Å². The average molecular weight is 194 g/mol. The van der Waals surface area contributed by atoms with Crippen LogP contribution in [0.15, 0.2) is 0 Å². The van der Waals surface area contributed by atoms with Crippen LogP contribution >= 0.6 is 0 Å². The lowest BCUT2D eigenvalue weighted by Gasteiger charge is -2.40. The summed E-state index contributed by atoms with van der Waals surface area (Å²) in [6, 6.07) is 0. The highest BCUT2D eigenvalue weighted by Gasteiger charge is 2.42. The fourth-order valence-corrected chi connectivity index (χ4v) is 2.68. The van der Waals surface area contributed by atoms with Crippen molar-refractivity contribution in [1.82, 2.24) is 15.4 Å². The standard InChI is InChI=1S/C10H18N4/c1-9(2)4-7-8(13-14-12-7)10(3,5-9)6-11/h4-6,11H2,1-3H3,(H,12,13,14). The zero-order valence-electron chi connectivity index (χ0n) is 9.09. The van der Waals surface area contributed by atoms with E-state index in [1.165, 1.54) is 0 Å². The highest BCUT2D eigenvalue weighted by Crippen LogP contribution is 2.43. The number of aromatic nitrogens is 3. The van der Waals surface area contributed by atoms with E-state index in [1.807, 2.05) is 0 Å². The Hall–Kier alpha value is -0.900. The molecule has 1 atom stereocenters. The molecule has 1 aliphatic rings. The van der Waals surface area contributed by atoms with Gasteiger partial charge in [-0.05, 0) is 18.3 Å². The molecule has 1 aromatic heterocycles. The smallest absolute Gasteiger partial charge is 0.0928 e. The van der Waals surface area contributed by atoms with Crippen molar-refractivity contribution in [3.05, 3.63) is 11.4 Å². The number of fused-ring (bicyclic) bond motifs is 1. The number of hydrogen-bond donors (Lipinski definition) is 2. The number of rotatable bonds is 1. The average Bonchev–Trinajstić information content (AvgIpc) is 2.50. The Kier molecular flexibility index (Phi) is 1.93. The summed E-state index contributed by atoms with van der Waals surface area (Å²) < 4.78 is 0. The minimum Gasteiger partial charge on any atom is -0.330 e. The first-order valence-electron chi connectivity index (χ1n) is 5.07. The molecule has 0 fully saturated rings. The molecule has 0 radical (unpaired) electrons. The molecule has 0 saturated heterocycles. The maximum atomic E-state index is 5.85. The Morgan fingerprint density at radius 2 is 2.07 bits per heavy atom. The van der Waals surface area contributed by atoms with Crippen molar-refractivity contribution in [2.75, 3.05) is 6.54 Å². The van der Waals surface area contributed by atoms with Crippen LogP contribution in [0, 0.1) is 5.41 Å². The topological polar surface area (TPSA) is 67.6 Å². The predicted molar refractivity (Wildman–Crippen MR) is 54.9 cm³/mol. The second kappa shape index (κ2) is 2.79. The fourth-order valence-electron chi connectivity index (χ4n) is 2.68. The summed E-state index contributed by atoms with van der Waals surface area (Å²) >= 11 is 0. The van der Waals surface area contributed by atoms with Gasteiger partial charge in [-0.2, -0.15) is 15.4 Å². The minimum absolute atomic E-state index is 0.00984. The van der Waals surface area contributed by atoms with E-state index >= 15 is 0 Å². The van der Waals surface area contributed by atoms with Gasteiger partial charge in [-0.25, -0.2) is 0 Å². The summed E-state index contributed by atoms with van der Waals surface area (Å²) in [5.74, 6) is 0. The van der Waals surface area contributed by atoms with E-state index in [4.69, 9.17) is 5.73 Å². The molecule has 1 heterocycles. The summed E-state index contributed by atoms with van der Waals surface area (Å²) in [4.78, 5) is 0. The van der Waals surface area contributed by atoms with Crippen molar-refractivity contribution in [1.29, 1.82) is 0 Å². The first kappa shape index (κ1) is 9.65. The highest BCUT2D eigenvalue weighted by atomic mass is 15.3. The number of hydrogen-bond acceptors (Lipinski definition) is 3. The SMILES string of the molecule is CC1(C)Cc2n[nH]nc2C(C)(CN)C1. The van der Waals surface area contributed by atoms with Gasteiger partial charge < -0.3 is 5.73 Å². The van der Waals surface area contributed by atoms with Crippen LogP contribution in [0.4, 0.5) is 0 Å². The normalized spacial score (nSPS) is 30.0. The molecule has 1 unspecified atom stereocenters. The van der Waals surface area contributed by atoms with Gasteiger partial charge in [0, 0.05) is 12.0 Å². The van der Waals surface area contributed by atoms with Gasteiger partial charge >= 0.3 is 0 Å². The number of aromatic amines is 1. The summed E-state index contributed by atoms with van der Waals surface area (Å²) in [7, 11) is 0. The molecule has 14 heavy (non-hydrogen) atoms. The van der Waals surface area contributed by atoms with E-state index in [1.54, 1.807) is 0 Å². The Labute approximate surface area is 84.3 Å². The molecule has 0 saturated carbocycles.